The first kappa shape index (κ1) is 16.8. The average Bonchev–Trinajstić information content (AvgIpc) is 2.34. The standard InChI is InChI=1S/C11H6Cl6O3/c12-10(13,14)8-6-3-5(4-18)1-2-7(6)19-9(20-8)11(15,16)17/h1-4,8-9H. The van der Waals surface area contributed by atoms with E-state index in [9.17, 15) is 4.79 Å². The summed E-state index contributed by atoms with van der Waals surface area (Å²) in [4.78, 5) is 10.8. The van der Waals surface area contributed by atoms with E-state index < -0.39 is 20.0 Å². The van der Waals surface area contributed by atoms with Crippen molar-refractivity contribution in [2.75, 3.05) is 0 Å². The van der Waals surface area contributed by atoms with Crippen LogP contribution < -0.4 is 4.74 Å². The molecule has 0 fully saturated rings. The summed E-state index contributed by atoms with van der Waals surface area (Å²) in [5.74, 6) is 0.314. The van der Waals surface area contributed by atoms with Gasteiger partial charge >= 0.3 is 0 Å². The van der Waals surface area contributed by atoms with Crippen molar-refractivity contribution in [3.05, 3.63) is 29.3 Å². The Kier molecular flexibility index (Phi) is 4.93. The Labute approximate surface area is 144 Å². The summed E-state index contributed by atoms with van der Waals surface area (Å²) in [5.41, 5.74) is 0.766. The Bertz CT molecular complexity index is 522. The molecule has 0 radical (unpaired) electrons. The fourth-order valence-electron chi connectivity index (χ4n) is 1.69. The second-order valence-corrected chi connectivity index (χ2v) is 8.70. The SMILES string of the molecule is O=Cc1ccc2c(c1)C(C(Cl)(Cl)Cl)OC(C(Cl)(Cl)Cl)O2. The largest absolute Gasteiger partial charge is 0.460 e. The van der Waals surface area contributed by atoms with Crippen molar-refractivity contribution in [3.63, 3.8) is 0 Å². The van der Waals surface area contributed by atoms with Gasteiger partial charge in [0.1, 0.15) is 18.1 Å². The molecule has 1 aromatic carbocycles. The van der Waals surface area contributed by atoms with Crippen LogP contribution in [0.4, 0.5) is 0 Å². The van der Waals surface area contributed by atoms with Crippen LogP contribution in [0.2, 0.25) is 0 Å². The lowest BCUT2D eigenvalue weighted by Gasteiger charge is -2.38. The Morgan fingerprint density at radius 2 is 1.70 bits per heavy atom. The first-order chi connectivity index (χ1) is 9.13. The van der Waals surface area contributed by atoms with Crippen LogP contribution in [0.3, 0.4) is 0 Å². The number of carbonyl (C=O) groups is 1. The third-order valence-corrected chi connectivity index (χ3v) is 3.64. The highest BCUT2D eigenvalue weighted by Gasteiger charge is 2.48. The lowest BCUT2D eigenvalue weighted by atomic mass is 10.0. The topological polar surface area (TPSA) is 35.5 Å². The number of rotatable bonds is 1. The fourth-order valence-corrected chi connectivity index (χ4v) is 2.48. The molecule has 2 atom stereocenters. The number of hydrogen-bond acceptors (Lipinski definition) is 3. The summed E-state index contributed by atoms with van der Waals surface area (Å²) < 4.78 is 7.13. The summed E-state index contributed by atoms with van der Waals surface area (Å²) in [6.45, 7) is 0. The van der Waals surface area contributed by atoms with Crippen LogP contribution >= 0.6 is 69.6 Å². The molecule has 1 aliphatic heterocycles. The monoisotopic (exact) mass is 396 g/mol. The smallest absolute Gasteiger partial charge is 0.252 e. The minimum atomic E-state index is -1.87. The third kappa shape index (κ3) is 3.58. The Morgan fingerprint density at radius 3 is 2.20 bits per heavy atom. The molecule has 2 unspecified atom stereocenters. The Morgan fingerprint density at radius 1 is 1.05 bits per heavy atom. The van der Waals surface area contributed by atoms with Gasteiger partial charge in [-0.25, -0.2) is 0 Å². The second kappa shape index (κ2) is 5.88. The van der Waals surface area contributed by atoms with Crippen molar-refractivity contribution < 1.29 is 14.3 Å². The van der Waals surface area contributed by atoms with Gasteiger partial charge in [-0.15, -0.1) is 0 Å². The van der Waals surface area contributed by atoms with Crippen molar-refractivity contribution >= 4 is 75.9 Å². The normalized spacial score (nSPS) is 22.9. The van der Waals surface area contributed by atoms with Gasteiger partial charge in [-0.3, -0.25) is 4.79 Å². The quantitative estimate of drug-likeness (QED) is 0.492. The molecule has 1 heterocycles. The molecule has 0 saturated carbocycles. The first-order valence-corrected chi connectivity index (χ1v) is 7.44. The van der Waals surface area contributed by atoms with E-state index >= 15 is 0 Å². The van der Waals surface area contributed by atoms with Gasteiger partial charge in [-0.1, -0.05) is 69.6 Å². The van der Waals surface area contributed by atoms with E-state index in [1.54, 1.807) is 0 Å². The van der Waals surface area contributed by atoms with E-state index in [-0.39, 0.29) is 0 Å². The zero-order valence-corrected chi connectivity index (χ0v) is 14.0. The van der Waals surface area contributed by atoms with E-state index in [4.69, 9.17) is 79.1 Å². The average molecular weight is 399 g/mol. The molecule has 110 valence electrons. The van der Waals surface area contributed by atoms with Gasteiger partial charge < -0.3 is 9.47 Å². The zero-order chi connectivity index (χ0) is 15.1. The number of benzene rings is 1. The first-order valence-electron chi connectivity index (χ1n) is 5.17. The third-order valence-electron chi connectivity index (χ3n) is 2.51. The van der Waals surface area contributed by atoms with Crippen LogP contribution in [-0.4, -0.2) is 20.2 Å². The fraction of sp³-hybridized carbons (Fsp3) is 0.364. The van der Waals surface area contributed by atoms with Crippen LogP contribution in [0, 0.1) is 0 Å². The van der Waals surface area contributed by atoms with Crippen LogP contribution in [0.5, 0.6) is 5.75 Å². The maximum atomic E-state index is 10.8. The predicted octanol–water partition coefficient (Wildman–Crippen LogP) is 5.02. The van der Waals surface area contributed by atoms with E-state index in [0.29, 0.717) is 23.2 Å². The van der Waals surface area contributed by atoms with E-state index in [1.807, 2.05) is 0 Å². The van der Waals surface area contributed by atoms with E-state index in [1.165, 1.54) is 18.2 Å². The number of alkyl halides is 6. The Hall–Kier alpha value is 0.390. The van der Waals surface area contributed by atoms with Crippen molar-refractivity contribution in [3.8, 4) is 5.75 Å². The summed E-state index contributed by atoms with van der Waals surface area (Å²) in [6.07, 6.45) is -1.64. The number of hydrogen-bond donors (Lipinski definition) is 0. The van der Waals surface area contributed by atoms with E-state index in [2.05, 4.69) is 0 Å². The lowest BCUT2D eigenvalue weighted by molar-refractivity contribution is -0.136. The molecular weight excluding hydrogens is 393 g/mol. The van der Waals surface area contributed by atoms with Crippen molar-refractivity contribution in [2.45, 2.75) is 20.0 Å². The molecule has 9 heteroatoms. The number of ether oxygens (including phenoxy) is 2. The van der Waals surface area contributed by atoms with Crippen LogP contribution in [-0.2, 0) is 4.74 Å². The molecule has 1 aromatic rings. The molecule has 0 N–H and O–H groups in total. The molecule has 0 aliphatic carbocycles. The molecular formula is C11H6Cl6O3. The zero-order valence-electron chi connectivity index (χ0n) is 9.46. The van der Waals surface area contributed by atoms with Crippen LogP contribution in [0.25, 0.3) is 0 Å². The molecule has 3 nitrogen and oxygen atoms in total. The Balaban J connectivity index is 2.49. The van der Waals surface area contributed by atoms with Crippen molar-refractivity contribution in [1.29, 1.82) is 0 Å². The van der Waals surface area contributed by atoms with Crippen LogP contribution in [0.1, 0.15) is 22.0 Å². The van der Waals surface area contributed by atoms with Gasteiger partial charge in [0, 0.05) is 11.1 Å². The number of carbonyl (C=O) groups excluding carboxylic acids is 1. The van der Waals surface area contributed by atoms with Crippen molar-refractivity contribution in [1.82, 2.24) is 0 Å². The van der Waals surface area contributed by atoms with Gasteiger partial charge in [0.15, 0.2) is 0 Å². The number of fused-ring (bicyclic) bond motifs is 1. The maximum Gasteiger partial charge on any atom is 0.252 e. The maximum absolute atomic E-state index is 10.8. The highest BCUT2D eigenvalue weighted by Crippen LogP contribution is 2.51. The lowest BCUT2D eigenvalue weighted by Crippen LogP contribution is -2.42. The van der Waals surface area contributed by atoms with Gasteiger partial charge in [0.05, 0.1) is 0 Å². The molecule has 1 aliphatic rings. The summed E-state index contributed by atoms with van der Waals surface area (Å²) in [6, 6.07) is 4.54. The van der Waals surface area contributed by atoms with Crippen molar-refractivity contribution in [2.24, 2.45) is 0 Å². The molecule has 0 bridgehead atoms. The highest BCUT2D eigenvalue weighted by molar-refractivity contribution is 6.68. The minimum absolute atomic E-state index is 0.314. The minimum Gasteiger partial charge on any atom is -0.460 e. The summed E-state index contributed by atoms with van der Waals surface area (Å²) in [5, 5.41) is 0. The van der Waals surface area contributed by atoms with Crippen LogP contribution in [0.15, 0.2) is 18.2 Å². The van der Waals surface area contributed by atoms with E-state index in [0.717, 1.165) is 0 Å². The number of halogens is 6. The molecule has 0 aromatic heterocycles. The number of aldehydes is 1. The molecule has 0 amide bonds. The van der Waals surface area contributed by atoms with Gasteiger partial charge in [-0.05, 0) is 18.2 Å². The molecule has 20 heavy (non-hydrogen) atoms. The highest BCUT2D eigenvalue weighted by atomic mass is 35.6. The molecule has 0 spiro atoms. The molecule has 2 rings (SSSR count). The van der Waals surface area contributed by atoms with Gasteiger partial charge in [-0.2, -0.15) is 0 Å². The second-order valence-electron chi connectivity index (χ2n) is 3.96. The summed E-state index contributed by atoms with van der Waals surface area (Å²) in [7, 11) is 0. The van der Waals surface area contributed by atoms with Gasteiger partial charge in [0.25, 0.3) is 3.79 Å². The molecule has 0 saturated heterocycles. The summed E-state index contributed by atoms with van der Waals surface area (Å²) >= 11 is 34.9. The van der Waals surface area contributed by atoms with Gasteiger partial charge in [0.2, 0.25) is 10.1 Å². The predicted molar refractivity (Wildman–Crippen MR) is 80.7 cm³/mol.